The lowest BCUT2D eigenvalue weighted by atomic mass is 10.1. The minimum atomic E-state index is -0.412. The van der Waals surface area contributed by atoms with Crippen LogP contribution in [-0.2, 0) is 13.1 Å². The van der Waals surface area contributed by atoms with Crippen molar-refractivity contribution in [3.8, 4) is 6.07 Å². The maximum Gasteiger partial charge on any atom is 0.124 e. The highest BCUT2D eigenvalue weighted by Crippen LogP contribution is 2.10. The Labute approximate surface area is 98.1 Å². The molecule has 0 bridgehead atoms. The first-order valence-corrected chi connectivity index (χ1v) is 5.12. The second-order valence-corrected chi connectivity index (χ2v) is 3.71. The summed E-state index contributed by atoms with van der Waals surface area (Å²) < 4.78 is 14.9. The molecule has 17 heavy (non-hydrogen) atoms. The lowest BCUT2D eigenvalue weighted by molar-refractivity contribution is 0.618. The third-order valence-electron chi connectivity index (χ3n) is 2.35. The van der Waals surface area contributed by atoms with Crippen LogP contribution in [0.3, 0.4) is 0 Å². The van der Waals surface area contributed by atoms with Gasteiger partial charge in [-0.3, -0.25) is 4.68 Å². The van der Waals surface area contributed by atoms with Gasteiger partial charge >= 0.3 is 0 Å². The van der Waals surface area contributed by atoms with E-state index in [0.717, 1.165) is 5.56 Å². The molecule has 2 aromatic rings. The van der Waals surface area contributed by atoms with Crippen molar-refractivity contribution in [2.45, 2.75) is 13.1 Å². The van der Waals surface area contributed by atoms with E-state index in [1.807, 2.05) is 6.07 Å². The van der Waals surface area contributed by atoms with Gasteiger partial charge in [0.2, 0.25) is 0 Å². The van der Waals surface area contributed by atoms with Gasteiger partial charge in [-0.1, -0.05) is 0 Å². The van der Waals surface area contributed by atoms with Gasteiger partial charge in [-0.25, -0.2) is 4.39 Å². The Bertz CT molecular complexity index is 568. The van der Waals surface area contributed by atoms with Crippen LogP contribution in [0.1, 0.15) is 16.7 Å². The van der Waals surface area contributed by atoms with E-state index >= 15 is 0 Å². The van der Waals surface area contributed by atoms with Gasteiger partial charge in [0.05, 0.1) is 24.4 Å². The molecule has 0 atom stereocenters. The van der Waals surface area contributed by atoms with Crippen molar-refractivity contribution in [2.24, 2.45) is 5.73 Å². The molecule has 0 radical (unpaired) electrons. The van der Waals surface area contributed by atoms with Crippen molar-refractivity contribution in [1.29, 1.82) is 5.26 Å². The topological polar surface area (TPSA) is 67.6 Å². The first kappa shape index (κ1) is 11.3. The summed E-state index contributed by atoms with van der Waals surface area (Å²) >= 11 is 0. The number of hydrogen-bond donors (Lipinski definition) is 1. The van der Waals surface area contributed by atoms with Crippen LogP contribution in [0, 0.1) is 17.1 Å². The summed E-state index contributed by atoms with van der Waals surface area (Å²) in [4.78, 5) is 0. The molecular weight excluding hydrogens is 219 g/mol. The van der Waals surface area contributed by atoms with Crippen LogP contribution in [0.2, 0.25) is 0 Å². The minimum absolute atomic E-state index is 0.311. The lowest BCUT2D eigenvalue weighted by Gasteiger charge is -2.02. The second kappa shape index (κ2) is 4.76. The first-order chi connectivity index (χ1) is 8.21. The Morgan fingerprint density at radius 3 is 2.82 bits per heavy atom. The zero-order valence-electron chi connectivity index (χ0n) is 9.10. The van der Waals surface area contributed by atoms with Crippen molar-refractivity contribution in [3.63, 3.8) is 0 Å². The summed E-state index contributed by atoms with van der Waals surface area (Å²) in [5.41, 5.74) is 7.40. The van der Waals surface area contributed by atoms with Crippen LogP contribution in [0.15, 0.2) is 30.6 Å². The maximum atomic E-state index is 13.2. The molecule has 0 saturated heterocycles. The second-order valence-electron chi connectivity index (χ2n) is 3.71. The maximum absolute atomic E-state index is 13.2. The largest absolute Gasteiger partial charge is 0.326 e. The monoisotopic (exact) mass is 230 g/mol. The molecule has 0 amide bonds. The number of aromatic nitrogens is 2. The van der Waals surface area contributed by atoms with E-state index in [2.05, 4.69) is 5.10 Å². The van der Waals surface area contributed by atoms with Crippen LogP contribution in [0.4, 0.5) is 4.39 Å². The van der Waals surface area contributed by atoms with Gasteiger partial charge in [-0.05, 0) is 23.8 Å². The molecule has 0 fully saturated rings. The summed E-state index contributed by atoms with van der Waals surface area (Å²) in [6.45, 7) is 0.846. The van der Waals surface area contributed by atoms with Crippen molar-refractivity contribution in [1.82, 2.24) is 9.78 Å². The fraction of sp³-hybridized carbons (Fsp3) is 0.167. The van der Waals surface area contributed by atoms with E-state index in [-0.39, 0.29) is 0 Å². The van der Waals surface area contributed by atoms with Crippen LogP contribution in [0.25, 0.3) is 0 Å². The highest BCUT2D eigenvalue weighted by atomic mass is 19.1. The molecule has 2 N–H and O–H groups in total. The molecule has 0 aliphatic rings. The predicted molar refractivity (Wildman–Crippen MR) is 60.3 cm³/mol. The summed E-state index contributed by atoms with van der Waals surface area (Å²) in [6, 6.07) is 6.17. The van der Waals surface area contributed by atoms with Crippen LogP contribution < -0.4 is 5.73 Å². The standard InChI is InChI=1S/C12H11FN4/c13-12-2-9(4-14)1-10(3-12)7-17-8-11(5-15)6-16-17/h1-3,6,8H,5,7,15H2. The quantitative estimate of drug-likeness (QED) is 0.866. The summed E-state index contributed by atoms with van der Waals surface area (Å²) in [6.07, 6.45) is 3.47. The number of hydrogen-bond acceptors (Lipinski definition) is 3. The molecule has 5 heteroatoms. The van der Waals surface area contributed by atoms with Gasteiger partial charge in [0, 0.05) is 18.3 Å². The van der Waals surface area contributed by atoms with E-state index in [4.69, 9.17) is 11.0 Å². The molecule has 86 valence electrons. The summed E-state index contributed by atoms with van der Waals surface area (Å²) in [5.74, 6) is -0.412. The number of rotatable bonds is 3. The Morgan fingerprint density at radius 2 is 2.18 bits per heavy atom. The predicted octanol–water partition coefficient (Wildman–Crippen LogP) is 1.40. The van der Waals surface area contributed by atoms with E-state index in [1.54, 1.807) is 23.1 Å². The zero-order valence-corrected chi connectivity index (χ0v) is 9.10. The number of nitrogens with zero attached hydrogens (tertiary/aromatic N) is 3. The smallest absolute Gasteiger partial charge is 0.124 e. The molecule has 1 heterocycles. The van der Waals surface area contributed by atoms with Gasteiger partial charge in [0.15, 0.2) is 0 Å². The molecule has 0 aliphatic carbocycles. The highest BCUT2D eigenvalue weighted by Gasteiger charge is 2.03. The Balaban J connectivity index is 2.24. The third-order valence-corrected chi connectivity index (χ3v) is 2.35. The van der Waals surface area contributed by atoms with Crippen molar-refractivity contribution in [2.75, 3.05) is 0 Å². The number of halogens is 1. The lowest BCUT2D eigenvalue weighted by Crippen LogP contribution is -2.01. The number of nitrogens with two attached hydrogens (primary N) is 1. The Hall–Kier alpha value is -2.19. The highest BCUT2D eigenvalue weighted by molar-refractivity contribution is 5.33. The molecular formula is C12H11FN4. The van der Waals surface area contributed by atoms with Gasteiger partial charge in [0.1, 0.15) is 5.82 Å². The average molecular weight is 230 g/mol. The Morgan fingerprint density at radius 1 is 1.35 bits per heavy atom. The van der Waals surface area contributed by atoms with Gasteiger partial charge in [-0.15, -0.1) is 0 Å². The molecule has 0 aliphatic heterocycles. The number of benzene rings is 1. The third kappa shape index (κ3) is 2.68. The van der Waals surface area contributed by atoms with E-state index in [0.29, 0.717) is 24.2 Å². The average Bonchev–Trinajstić information content (AvgIpc) is 2.76. The molecule has 2 rings (SSSR count). The molecule has 1 aromatic heterocycles. The van der Waals surface area contributed by atoms with Crippen molar-refractivity contribution < 1.29 is 4.39 Å². The molecule has 0 unspecified atom stereocenters. The molecule has 0 saturated carbocycles. The zero-order chi connectivity index (χ0) is 12.3. The van der Waals surface area contributed by atoms with Crippen molar-refractivity contribution >= 4 is 0 Å². The minimum Gasteiger partial charge on any atom is -0.326 e. The fourth-order valence-corrected chi connectivity index (χ4v) is 1.59. The summed E-state index contributed by atoms with van der Waals surface area (Å²) in [5, 5.41) is 12.8. The molecule has 1 aromatic carbocycles. The van der Waals surface area contributed by atoms with Crippen LogP contribution >= 0.6 is 0 Å². The molecule has 4 nitrogen and oxygen atoms in total. The van der Waals surface area contributed by atoms with Gasteiger partial charge < -0.3 is 5.73 Å². The Kier molecular flexibility index (Phi) is 3.17. The van der Waals surface area contributed by atoms with E-state index in [1.165, 1.54) is 12.1 Å². The van der Waals surface area contributed by atoms with Gasteiger partial charge in [-0.2, -0.15) is 10.4 Å². The van der Waals surface area contributed by atoms with Crippen LogP contribution in [0.5, 0.6) is 0 Å². The van der Waals surface area contributed by atoms with E-state index in [9.17, 15) is 4.39 Å². The SMILES string of the molecule is N#Cc1cc(F)cc(Cn2cc(CN)cn2)c1. The first-order valence-electron chi connectivity index (χ1n) is 5.12. The summed E-state index contributed by atoms with van der Waals surface area (Å²) in [7, 11) is 0. The van der Waals surface area contributed by atoms with E-state index < -0.39 is 5.82 Å². The number of nitriles is 1. The van der Waals surface area contributed by atoms with Crippen LogP contribution in [-0.4, -0.2) is 9.78 Å². The normalized spacial score (nSPS) is 10.2. The van der Waals surface area contributed by atoms with Crippen molar-refractivity contribution in [3.05, 3.63) is 53.1 Å². The fourth-order valence-electron chi connectivity index (χ4n) is 1.59. The van der Waals surface area contributed by atoms with Gasteiger partial charge in [0.25, 0.3) is 0 Å². The molecule has 0 spiro atoms.